The van der Waals surface area contributed by atoms with Crippen LogP contribution in [0.5, 0.6) is 11.5 Å². The summed E-state index contributed by atoms with van der Waals surface area (Å²) in [5.74, 6) is -0.150. The lowest BCUT2D eigenvalue weighted by Crippen LogP contribution is -2.34. The van der Waals surface area contributed by atoms with Gasteiger partial charge in [-0.25, -0.2) is 17.9 Å². The molecule has 0 saturated heterocycles. The molecule has 0 atom stereocenters. The molecule has 0 aliphatic carbocycles. The van der Waals surface area contributed by atoms with Crippen LogP contribution in [0, 0.1) is 0 Å². The number of carbonyl (C=O) groups is 1. The molecule has 2 aromatic rings. The molecule has 2 amide bonds. The molecule has 0 bridgehead atoms. The van der Waals surface area contributed by atoms with E-state index in [2.05, 4.69) is 5.32 Å². The van der Waals surface area contributed by atoms with Crippen LogP contribution in [0.2, 0.25) is 5.02 Å². The zero-order valence-electron chi connectivity index (χ0n) is 13.4. The van der Waals surface area contributed by atoms with Gasteiger partial charge in [-0.1, -0.05) is 23.7 Å². The highest BCUT2D eigenvalue weighted by atomic mass is 35.5. The minimum Gasteiger partial charge on any atom is -0.449 e. The topological polar surface area (TPSA) is 93.7 Å². The smallest absolute Gasteiger partial charge is 0.333 e. The molecule has 2 N–H and O–H groups in total. The Hall–Kier alpha value is -2.45. The van der Waals surface area contributed by atoms with E-state index in [1.165, 1.54) is 18.2 Å². The molecule has 0 saturated carbocycles. The summed E-state index contributed by atoms with van der Waals surface area (Å²) >= 11 is 5.92. The standard InChI is InChI=1S/C16H15ClN2O5S/c1-16(2)23-13-8-7-10(9-14(13)24-16)25(21,22)19-15(20)18-12-6-4-3-5-11(12)17/h3-9H,1-2H3,(H2,18,19,20). The number of benzene rings is 2. The number of ether oxygens (including phenoxy) is 2. The number of hydrogen-bond donors (Lipinski definition) is 2. The number of amides is 2. The van der Waals surface area contributed by atoms with Crippen molar-refractivity contribution in [3.05, 3.63) is 47.5 Å². The van der Waals surface area contributed by atoms with Crippen molar-refractivity contribution in [1.82, 2.24) is 4.72 Å². The summed E-state index contributed by atoms with van der Waals surface area (Å²) in [5.41, 5.74) is 0.296. The summed E-state index contributed by atoms with van der Waals surface area (Å²) < 4.78 is 37.7. The maximum atomic E-state index is 12.4. The molecule has 0 aromatic heterocycles. The van der Waals surface area contributed by atoms with Gasteiger partial charge in [0.05, 0.1) is 15.6 Å². The molecule has 1 aliphatic heterocycles. The lowest BCUT2D eigenvalue weighted by atomic mass is 10.3. The van der Waals surface area contributed by atoms with E-state index >= 15 is 0 Å². The first-order valence-corrected chi connectivity index (χ1v) is 9.13. The van der Waals surface area contributed by atoms with Crippen molar-refractivity contribution < 1.29 is 22.7 Å². The molecular formula is C16H15ClN2O5S. The summed E-state index contributed by atoms with van der Waals surface area (Å²) in [5, 5.41) is 2.68. The predicted molar refractivity (Wildman–Crippen MR) is 92.6 cm³/mol. The van der Waals surface area contributed by atoms with E-state index in [0.717, 1.165) is 0 Å². The van der Waals surface area contributed by atoms with Gasteiger partial charge in [-0.3, -0.25) is 0 Å². The van der Waals surface area contributed by atoms with Crippen molar-refractivity contribution in [3.63, 3.8) is 0 Å². The Morgan fingerprint density at radius 3 is 2.48 bits per heavy atom. The van der Waals surface area contributed by atoms with Crippen LogP contribution < -0.4 is 19.5 Å². The molecule has 2 aromatic carbocycles. The van der Waals surface area contributed by atoms with E-state index in [-0.39, 0.29) is 4.90 Å². The van der Waals surface area contributed by atoms with Gasteiger partial charge in [0.15, 0.2) is 11.5 Å². The van der Waals surface area contributed by atoms with Crippen LogP contribution in [0.4, 0.5) is 10.5 Å². The van der Waals surface area contributed by atoms with Crippen molar-refractivity contribution in [2.45, 2.75) is 24.5 Å². The lowest BCUT2D eigenvalue weighted by Gasteiger charge is -2.16. The molecule has 9 heteroatoms. The molecule has 1 heterocycles. The zero-order chi connectivity index (χ0) is 18.2. The predicted octanol–water partition coefficient (Wildman–Crippen LogP) is 3.36. The number of carbonyl (C=O) groups excluding carboxylic acids is 1. The third-order valence-corrected chi connectivity index (χ3v) is 4.94. The van der Waals surface area contributed by atoms with Crippen molar-refractivity contribution >= 4 is 33.3 Å². The number of anilines is 1. The molecule has 0 unspecified atom stereocenters. The molecule has 0 spiro atoms. The lowest BCUT2D eigenvalue weighted by molar-refractivity contribution is -0.0432. The van der Waals surface area contributed by atoms with Gasteiger partial charge < -0.3 is 14.8 Å². The van der Waals surface area contributed by atoms with Crippen molar-refractivity contribution in [3.8, 4) is 11.5 Å². The van der Waals surface area contributed by atoms with Crippen molar-refractivity contribution in [1.29, 1.82) is 0 Å². The van der Waals surface area contributed by atoms with Gasteiger partial charge in [0, 0.05) is 19.9 Å². The van der Waals surface area contributed by atoms with Crippen LogP contribution in [0.15, 0.2) is 47.4 Å². The SMILES string of the molecule is CC1(C)Oc2ccc(S(=O)(=O)NC(=O)Nc3ccccc3Cl)cc2O1. The van der Waals surface area contributed by atoms with Gasteiger partial charge >= 0.3 is 6.03 Å². The molecule has 7 nitrogen and oxygen atoms in total. The quantitative estimate of drug-likeness (QED) is 0.848. The minimum atomic E-state index is -4.09. The highest BCUT2D eigenvalue weighted by Crippen LogP contribution is 2.40. The zero-order valence-corrected chi connectivity index (χ0v) is 14.9. The average Bonchev–Trinajstić information content (AvgIpc) is 2.81. The second kappa shape index (κ2) is 6.12. The Morgan fingerprint density at radius 2 is 1.76 bits per heavy atom. The Balaban J connectivity index is 1.77. The van der Waals surface area contributed by atoms with Crippen LogP contribution in [0.25, 0.3) is 0 Å². The summed E-state index contributed by atoms with van der Waals surface area (Å²) in [6, 6.07) is 9.66. The number of rotatable bonds is 3. The molecule has 3 rings (SSSR count). The van der Waals surface area contributed by atoms with Crippen LogP contribution in [-0.4, -0.2) is 20.2 Å². The van der Waals surface area contributed by atoms with Gasteiger partial charge in [0.25, 0.3) is 10.0 Å². The van der Waals surface area contributed by atoms with Gasteiger partial charge in [0.1, 0.15) is 0 Å². The van der Waals surface area contributed by atoms with Crippen LogP contribution in [0.3, 0.4) is 0 Å². The maximum absolute atomic E-state index is 12.4. The van der Waals surface area contributed by atoms with E-state index in [1.54, 1.807) is 38.1 Å². The van der Waals surface area contributed by atoms with E-state index in [4.69, 9.17) is 21.1 Å². The summed E-state index contributed by atoms with van der Waals surface area (Å²) in [7, 11) is -4.09. The molecule has 1 aliphatic rings. The fourth-order valence-corrected chi connectivity index (χ4v) is 3.37. The first kappa shape index (κ1) is 17.4. The molecule has 0 fully saturated rings. The normalized spacial score (nSPS) is 14.8. The second-order valence-corrected chi connectivity index (χ2v) is 7.84. The van der Waals surface area contributed by atoms with Gasteiger partial charge in [0.2, 0.25) is 5.79 Å². The number of fused-ring (bicyclic) bond motifs is 1. The fraction of sp³-hybridized carbons (Fsp3) is 0.188. The van der Waals surface area contributed by atoms with Crippen molar-refractivity contribution in [2.75, 3.05) is 5.32 Å². The molecule has 25 heavy (non-hydrogen) atoms. The molecule has 132 valence electrons. The maximum Gasteiger partial charge on any atom is 0.333 e. The number of sulfonamides is 1. The Labute approximate surface area is 149 Å². The number of halogens is 1. The third kappa shape index (κ3) is 3.80. The first-order valence-electron chi connectivity index (χ1n) is 7.27. The fourth-order valence-electron chi connectivity index (χ4n) is 2.26. The van der Waals surface area contributed by atoms with Crippen LogP contribution in [-0.2, 0) is 10.0 Å². The van der Waals surface area contributed by atoms with E-state index < -0.39 is 21.8 Å². The molecule has 0 radical (unpaired) electrons. The largest absolute Gasteiger partial charge is 0.449 e. The third-order valence-electron chi connectivity index (χ3n) is 3.29. The monoisotopic (exact) mass is 382 g/mol. The summed E-state index contributed by atoms with van der Waals surface area (Å²) in [6.45, 7) is 3.41. The van der Waals surface area contributed by atoms with E-state index in [9.17, 15) is 13.2 Å². The van der Waals surface area contributed by atoms with Crippen LogP contribution >= 0.6 is 11.6 Å². The minimum absolute atomic E-state index is 0.123. The highest BCUT2D eigenvalue weighted by Gasteiger charge is 2.33. The van der Waals surface area contributed by atoms with Gasteiger partial charge in [-0.05, 0) is 24.3 Å². The Morgan fingerprint density at radius 1 is 1.08 bits per heavy atom. The van der Waals surface area contributed by atoms with Crippen molar-refractivity contribution in [2.24, 2.45) is 0 Å². The average molecular weight is 383 g/mol. The summed E-state index contributed by atoms with van der Waals surface area (Å²) in [6.07, 6.45) is 0. The number of para-hydroxylation sites is 1. The highest BCUT2D eigenvalue weighted by molar-refractivity contribution is 7.90. The first-order chi connectivity index (χ1) is 11.7. The summed E-state index contributed by atoms with van der Waals surface area (Å²) in [4.78, 5) is 11.9. The van der Waals surface area contributed by atoms with Gasteiger partial charge in [-0.2, -0.15) is 0 Å². The number of hydrogen-bond acceptors (Lipinski definition) is 5. The van der Waals surface area contributed by atoms with Gasteiger partial charge in [-0.15, -0.1) is 0 Å². The molecular weight excluding hydrogens is 368 g/mol. The second-order valence-electron chi connectivity index (χ2n) is 5.75. The van der Waals surface area contributed by atoms with E-state index in [0.29, 0.717) is 22.2 Å². The van der Waals surface area contributed by atoms with E-state index in [1.807, 2.05) is 4.72 Å². The van der Waals surface area contributed by atoms with Crippen LogP contribution in [0.1, 0.15) is 13.8 Å². The number of nitrogens with one attached hydrogen (secondary N) is 2. The Bertz CT molecular complexity index is 943. The number of urea groups is 1. The Kier molecular flexibility index (Phi) is 4.26.